The summed E-state index contributed by atoms with van der Waals surface area (Å²) in [5.74, 6) is 0.957. The van der Waals surface area contributed by atoms with E-state index >= 15 is 0 Å². The molecule has 0 bridgehead atoms. The summed E-state index contributed by atoms with van der Waals surface area (Å²) >= 11 is 0. The number of carbonyl (C=O) groups is 1. The highest BCUT2D eigenvalue weighted by molar-refractivity contribution is 5.96. The number of Topliss-reactive ketones (excluding diaryl/α,β-unsaturated/α-hetero) is 1. The second-order valence-corrected chi connectivity index (χ2v) is 2.62. The smallest absolute Gasteiger partial charge is 0.201 e. The maximum absolute atomic E-state index is 11.2. The van der Waals surface area contributed by atoms with Crippen LogP contribution in [0.15, 0.2) is 22.8 Å². The van der Waals surface area contributed by atoms with E-state index < -0.39 is 0 Å². The van der Waals surface area contributed by atoms with Crippen LogP contribution in [0.25, 0.3) is 0 Å². The van der Waals surface area contributed by atoms with E-state index in [-0.39, 0.29) is 11.7 Å². The standard InChI is InChI=1S/C8H8O2/c9-8(6-3-4-6)7-2-1-5-10-7/h1-2,5-6H,3-4H2. The van der Waals surface area contributed by atoms with Crippen LogP contribution in [-0.2, 0) is 0 Å². The zero-order valence-corrected chi connectivity index (χ0v) is 5.54. The maximum Gasteiger partial charge on any atom is 0.201 e. The van der Waals surface area contributed by atoms with E-state index in [1.165, 1.54) is 6.26 Å². The second-order valence-electron chi connectivity index (χ2n) is 2.62. The van der Waals surface area contributed by atoms with Crippen molar-refractivity contribution in [1.29, 1.82) is 0 Å². The van der Waals surface area contributed by atoms with Gasteiger partial charge in [-0.2, -0.15) is 0 Å². The molecular formula is C8H8O2. The largest absolute Gasteiger partial charge is 0.461 e. The quantitative estimate of drug-likeness (QED) is 0.581. The molecule has 1 aliphatic carbocycles. The van der Waals surface area contributed by atoms with Crippen molar-refractivity contribution in [3.63, 3.8) is 0 Å². The zero-order valence-electron chi connectivity index (χ0n) is 5.54. The molecule has 0 atom stereocenters. The fourth-order valence-corrected chi connectivity index (χ4v) is 0.965. The van der Waals surface area contributed by atoms with Crippen LogP contribution in [0.2, 0.25) is 0 Å². The van der Waals surface area contributed by atoms with Crippen LogP contribution in [0.1, 0.15) is 23.4 Å². The Labute approximate surface area is 58.8 Å². The molecule has 2 heteroatoms. The molecule has 0 aliphatic heterocycles. The molecule has 1 aliphatic rings. The molecule has 0 radical (unpaired) electrons. The molecule has 1 heterocycles. The predicted molar refractivity (Wildman–Crippen MR) is 35.8 cm³/mol. The van der Waals surface area contributed by atoms with E-state index in [0.717, 1.165) is 12.8 Å². The van der Waals surface area contributed by atoms with Gasteiger partial charge in [-0.05, 0) is 25.0 Å². The molecule has 0 unspecified atom stereocenters. The molecule has 2 nitrogen and oxygen atoms in total. The summed E-state index contributed by atoms with van der Waals surface area (Å²) in [4.78, 5) is 11.2. The van der Waals surface area contributed by atoms with Gasteiger partial charge in [-0.3, -0.25) is 4.79 Å². The first-order valence-corrected chi connectivity index (χ1v) is 3.45. The highest BCUT2D eigenvalue weighted by atomic mass is 16.3. The van der Waals surface area contributed by atoms with Crippen molar-refractivity contribution >= 4 is 5.78 Å². The van der Waals surface area contributed by atoms with Crippen LogP contribution in [-0.4, -0.2) is 5.78 Å². The summed E-state index contributed by atoms with van der Waals surface area (Å²) in [6, 6.07) is 3.47. The van der Waals surface area contributed by atoms with Crippen LogP contribution >= 0.6 is 0 Å². The Morgan fingerprint density at radius 2 is 2.40 bits per heavy atom. The van der Waals surface area contributed by atoms with Crippen molar-refractivity contribution in [3.8, 4) is 0 Å². The molecule has 0 saturated heterocycles. The molecule has 1 saturated carbocycles. The van der Waals surface area contributed by atoms with E-state index in [1.54, 1.807) is 12.1 Å². The van der Waals surface area contributed by atoms with E-state index in [4.69, 9.17) is 4.42 Å². The van der Waals surface area contributed by atoms with Gasteiger partial charge in [0, 0.05) is 5.92 Å². The van der Waals surface area contributed by atoms with Gasteiger partial charge in [-0.15, -0.1) is 0 Å². The number of hydrogen-bond acceptors (Lipinski definition) is 2. The number of carbonyl (C=O) groups excluding carboxylic acids is 1. The number of hydrogen-bond donors (Lipinski definition) is 0. The van der Waals surface area contributed by atoms with Gasteiger partial charge >= 0.3 is 0 Å². The van der Waals surface area contributed by atoms with Gasteiger partial charge in [-0.25, -0.2) is 0 Å². The minimum atomic E-state index is 0.171. The molecule has 1 fully saturated rings. The monoisotopic (exact) mass is 136 g/mol. The van der Waals surface area contributed by atoms with Gasteiger partial charge < -0.3 is 4.42 Å². The lowest BCUT2D eigenvalue weighted by atomic mass is 10.2. The molecule has 0 aromatic carbocycles. The number of rotatable bonds is 2. The van der Waals surface area contributed by atoms with Crippen molar-refractivity contribution in [3.05, 3.63) is 24.2 Å². The van der Waals surface area contributed by atoms with Crippen LogP contribution in [0.4, 0.5) is 0 Å². The topological polar surface area (TPSA) is 30.2 Å². The first-order valence-electron chi connectivity index (χ1n) is 3.45. The van der Waals surface area contributed by atoms with E-state index in [0.29, 0.717) is 5.76 Å². The molecule has 52 valence electrons. The number of ketones is 1. The third kappa shape index (κ3) is 0.856. The SMILES string of the molecule is O=C(c1ccco1)C1CC1. The number of furan rings is 1. The van der Waals surface area contributed by atoms with Crippen LogP contribution < -0.4 is 0 Å². The average molecular weight is 136 g/mol. The molecule has 0 spiro atoms. The summed E-state index contributed by atoms with van der Waals surface area (Å²) in [5, 5.41) is 0. The molecule has 0 amide bonds. The van der Waals surface area contributed by atoms with Crippen LogP contribution in [0.3, 0.4) is 0 Å². The lowest BCUT2D eigenvalue weighted by molar-refractivity contribution is 0.0940. The molecule has 1 aromatic heterocycles. The second kappa shape index (κ2) is 1.97. The highest BCUT2D eigenvalue weighted by Crippen LogP contribution is 2.32. The van der Waals surface area contributed by atoms with Crippen molar-refractivity contribution in [2.75, 3.05) is 0 Å². The Morgan fingerprint density at radius 1 is 1.60 bits per heavy atom. The Morgan fingerprint density at radius 3 is 2.90 bits per heavy atom. The first kappa shape index (κ1) is 5.71. The Bertz CT molecular complexity index is 232. The fraction of sp³-hybridized carbons (Fsp3) is 0.375. The molecule has 2 rings (SSSR count). The summed E-state index contributed by atoms with van der Waals surface area (Å²) in [6.45, 7) is 0. The van der Waals surface area contributed by atoms with Crippen LogP contribution in [0, 0.1) is 5.92 Å². The maximum atomic E-state index is 11.2. The average Bonchev–Trinajstić information content (AvgIpc) is 2.65. The van der Waals surface area contributed by atoms with Crippen molar-refractivity contribution in [1.82, 2.24) is 0 Å². The zero-order chi connectivity index (χ0) is 6.97. The van der Waals surface area contributed by atoms with E-state index in [2.05, 4.69) is 0 Å². The third-order valence-corrected chi connectivity index (χ3v) is 1.71. The third-order valence-electron chi connectivity index (χ3n) is 1.71. The Hall–Kier alpha value is -1.05. The predicted octanol–water partition coefficient (Wildman–Crippen LogP) is 1.87. The summed E-state index contributed by atoms with van der Waals surface area (Å²) in [5.41, 5.74) is 0. The van der Waals surface area contributed by atoms with Crippen molar-refractivity contribution in [2.24, 2.45) is 5.92 Å². The van der Waals surface area contributed by atoms with Gasteiger partial charge in [0.1, 0.15) is 0 Å². The fourth-order valence-electron chi connectivity index (χ4n) is 0.965. The first-order chi connectivity index (χ1) is 4.88. The minimum absolute atomic E-state index is 0.171. The van der Waals surface area contributed by atoms with Crippen molar-refractivity contribution < 1.29 is 9.21 Å². The molecule has 0 N–H and O–H groups in total. The lowest BCUT2D eigenvalue weighted by Gasteiger charge is -1.88. The van der Waals surface area contributed by atoms with Gasteiger partial charge in [0.2, 0.25) is 5.78 Å². The molecule has 10 heavy (non-hydrogen) atoms. The Kier molecular flexibility index (Phi) is 1.13. The summed E-state index contributed by atoms with van der Waals surface area (Å²) in [6.07, 6.45) is 3.62. The van der Waals surface area contributed by atoms with Gasteiger partial charge in [0.25, 0.3) is 0 Å². The Balaban J connectivity index is 2.19. The van der Waals surface area contributed by atoms with Crippen molar-refractivity contribution in [2.45, 2.75) is 12.8 Å². The minimum Gasteiger partial charge on any atom is -0.461 e. The van der Waals surface area contributed by atoms with E-state index in [9.17, 15) is 4.79 Å². The molecule has 1 aromatic rings. The normalized spacial score (nSPS) is 17.2. The molecular weight excluding hydrogens is 128 g/mol. The van der Waals surface area contributed by atoms with E-state index in [1.807, 2.05) is 0 Å². The van der Waals surface area contributed by atoms with Gasteiger partial charge in [0.15, 0.2) is 5.76 Å². The van der Waals surface area contributed by atoms with Crippen LogP contribution in [0.5, 0.6) is 0 Å². The van der Waals surface area contributed by atoms with Gasteiger partial charge in [0.05, 0.1) is 6.26 Å². The summed E-state index contributed by atoms with van der Waals surface area (Å²) in [7, 11) is 0. The lowest BCUT2D eigenvalue weighted by Crippen LogP contribution is -1.97. The summed E-state index contributed by atoms with van der Waals surface area (Å²) < 4.78 is 4.95. The highest BCUT2D eigenvalue weighted by Gasteiger charge is 2.31. The van der Waals surface area contributed by atoms with Gasteiger partial charge in [-0.1, -0.05) is 0 Å².